The van der Waals surface area contributed by atoms with Crippen molar-refractivity contribution in [3.63, 3.8) is 0 Å². The van der Waals surface area contributed by atoms with Crippen LogP contribution in [0.1, 0.15) is 27.7 Å². The second kappa shape index (κ2) is 3.90. The highest BCUT2D eigenvalue weighted by atomic mass is 16.2. The molecule has 0 aliphatic heterocycles. The summed E-state index contributed by atoms with van der Waals surface area (Å²) in [6.07, 6.45) is 0. The molecule has 3 heteroatoms. The summed E-state index contributed by atoms with van der Waals surface area (Å²) in [4.78, 5) is 13.0. The van der Waals surface area contributed by atoms with Gasteiger partial charge in [0.05, 0.1) is 6.04 Å². The Morgan fingerprint density at radius 3 is 2.17 bits per heavy atom. The number of nitrogens with two attached hydrogens (primary N) is 1. The number of amides is 1. The second-order valence-corrected chi connectivity index (χ2v) is 4.54. The standard InChI is InChI=1S/C9H20N2O/c1-7(10)8(12)11(5)6-9(2,3)4/h7H,6,10H2,1-5H3/t7-/m0/s1. The molecule has 0 fully saturated rings. The average Bonchev–Trinajstić information content (AvgIpc) is 1.82. The zero-order chi connectivity index (χ0) is 9.94. The molecule has 0 radical (unpaired) electrons. The van der Waals surface area contributed by atoms with Crippen molar-refractivity contribution in [3.05, 3.63) is 0 Å². The minimum absolute atomic E-state index is 0.00456. The Hall–Kier alpha value is -0.570. The molecule has 0 rings (SSSR count). The Balaban J connectivity index is 4.05. The largest absolute Gasteiger partial charge is 0.344 e. The highest BCUT2D eigenvalue weighted by molar-refractivity contribution is 5.80. The quantitative estimate of drug-likeness (QED) is 0.671. The Kier molecular flexibility index (Phi) is 3.71. The van der Waals surface area contributed by atoms with Gasteiger partial charge in [0.2, 0.25) is 5.91 Å². The minimum Gasteiger partial charge on any atom is -0.344 e. The summed E-state index contributed by atoms with van der Waals surface area (Å²) in [7, 11) is 1.79. The summed E-state index contributed by atoms with van der Waals surface area (Å²) < 4.78 is 0. The third kappa shape index (κ3) is 4.34. The molecule has 0 saturated carbocycles. The Morgan fingerprint density at radius 2 is 1.92 bits per heavy atom. The van der Waals surface area contributed by atoms with Crippen LogP contribution in [0.5, 0.6) is 0 Å². The maximum atomic E-state index is 11.3. The fourth-order valence-electron chi connectivity index (χ4n) is 1.14. The van der Waals surface area contributed by atoms with E-state index in [9.17, 15) is 4.79 Å². The summed E-state index contributed by atoms with van der Waals surface area (Å²) in [5, 5.41) is 0. The Labute approximate surface area is 74.9 Å². The summed E-state index contributed by atoms with van der Waals surface area (Å²) in [5.41, 5.74) is 5.60. The lowest BCUT2D eigenvalue weighted by Crippen LogP contribution is -2.43. The van der Waals surface area contributed by atoms with Crippen LogP contribution in [0.4, 0.5) is 0 Å². The number of hydrogen-bond donors (Lipinski definition) is 1. The summed E-state index contributed by atoms with van der Waals surface area (Å²) in [6, 6.07) is -0.391. The van der Waals surface area contributed by atoms with E-state index in [1.54, 1.807) is 18.9 Å². The predicted octanol–water partition coefficient (Wildman–Crippen LogP) is 0.838. The van der Waals surface area contributed by atoms with E-state index in [1.807, 2.05) is 0 Å². The zero-order valence-electron chi connectivity index (χ0n) is 8.72. The van der Waals surface area contributed by atoms with Gasteiger partial charge in [-0.1, -0.05) is 20.8 Å². The van der Waals surface area contributed by atoms with Crippen molar-refractivity contribution in [2.24, 2.45) is 11.1 Å². The van der Waals surface area contributed by atoms with Crippen molar-refractivity contribution < 1.29 is 4.79 Å². The first-order valence-electron chi connectivity index (χ1n) is 4.24. The topological polar surface area (TPSA) is 46.3 Å². The monoisotopic (exact) mass is 172 g/mol. The molecule has 1 amide bonds. The maximum Gasteiger partial charge on any atom is 0.238 e. The molecule has 0 aromatic rings. The fraction of sp³-hybridized carbons (Fsp3) is 0.889. The average molecular weight is 172 g/mol. The van der Waals surface area contributed by atoms with E-state index in [2.05, 4.69) is 20.8 Å². The minimum atomic E-state index is -0.391. The molecule has 72 valence electrons. The molecule has 0 heterocycles. The van der Waals surface area contributed by atoms with E-state index in [0.717, 1.165) is 6.54 Å². The van der Waals surface area contributed by atoms with E-state index in [4.69, 9.17) is 5.73 Å². The number of rotatable bonds is 2. The fourth-order valence-corrected chi connectivity index (χ4v) is 1.14. The maximum absolute atomic E-state index is 11.3. The first-order chi connectivity index (χ1) is 5.24. The molecule has 0 saturated heterocycles. The second-order valence-electron chi connectivity index (χ2n) is 4.54. The molecule has 0 bridgehead atoms. The normalized spacial score (nSPS) is 14.2. The van der Waals surface area contributed by atoms with E-state index in [1.165, 1.54) is 0 Å². The van der Waals surface area contributed by atoms with Crippen LogP contribution in [-0.4, -0.2) is 30.4 Å². The zero-order valence-corrected chi connectivity index (χ0v) is 8.72. The molecule has 0 aliphatic rings. The number of nitrogens with zero attached hydrogens (tertiary/aromatic N) is 1. The number of carbonyl (C=O) groups is 1. The van der Waals surface area contributed by atoms with Crippen molar-refractivity contribution in [1.82, 2.24) is 4.90 Å². The first-order valence-corrected chi connectivity index (χ1v) is 4.24. The van der Waals surface area contributed by atoms with Crippen LogP contribution in [0.15, 0.2) is 0 Å². The van der Waals surface area contributed by atoms with Crippen molar-refractivity contribution in [1.29, 1.82) is 0 Å². The molecule has 3 nitrogen and oxygen atoms in total. The van der Waals surface area contributed by atoms with E-state index in [-0.39, 0.29) is 11.3 Å². The van der Waals surface area contributed by atoms with Crippen LogP contribution in [0.3, 0.4) is 0 Å². The molecule has 12 heavy (non-hydrogen) atoms. The Morgan fingerprint density at radius 1 is 1.50 bits per heavy atom. The van der Waals surface area contributed by atoms with Crippen molar-refractivity contribution in [2.75, 3.05) is 13.6 Å². The van der Waals surface area contributed by atoms with Gasteiger partial charge in [-0.05, 0) is 12.3 Å². The molecule has 0 unspecified atom stereocenters. The van der Waals surface area contributed by atoms with E-state index in [0.29, 0.717) is 0 Å². The number of hydrogen-bond acceptors (Lipinski definition) is 2. The Bertz CT molecular complexity index is 158. The van der Waals surface area contributed by atoms with Gasteiger partial charge < -0.3 is 10.6 Å². The van der Waals surface area contributed by atoms with Gasteiger partial charge in [0.15, 0.2) is 0 Å². The van der Waals surface area contributed by atoms with Crippen LogP contribution >= 0.6 is 0 Å². The van der Waals surface area contributed by atoms with Gasteiger partial charge in [-0.3, -0.25) is 4.79 Å². The molecular formula is C9H20N2O. The van der Waals surface area contributed by atoms with Crippen molar-refractivity contribution in [3.8, 4) is 0 Å². The first kappa shape index (κ1) is 11.4. The lowest BCUT2D eigenvalue weighted by molar-refractivity contribution is -0.132. The lowest BCUT2D eigenvalue weighted by Gasteiger charge is -2.27. The number of likely N-dealkylation sites (N-methyl/N-ethyl adjacent to an activating group) is 1. The molecule has 0 aromatic heterocycles. The van der Waals surface area contributed by atoms with Crippen LogP contribution in [0.25, 0.3) is 0 Å². The van der Waals surface area contributed by atoms with E-state index >= 15 is 0 Å². The van der Waals surface area contributed by atoms with Gasteiger partial charge in [-0.15, -0.1) is 0 Å². The van der Waals surface area contributed by atoms with Gasteiger partial charge in [-0.25, -0.2) is 0 Å². The van der Waals surface area contributed by atoms with Gasteiger partial charge in [0, 0.05) is 13.6 Å². The summed E-state index contributed by atoms with van der Waals surface area (Å²) in [5.74, 6) is 0.00456. The summed E-state index contributed by atoms with van der Waals surface area (Å²) >= 11 is 0. The van der Waals surface area contributed by atoms with Gasteiger partial charge in [-0.2, -0.15) is 0 Å². The highest BCUT2D eigenvalue weighted by Gasteiger charge is 2.19. The predicted molar refractivity (Wildman–Crippen MR) is 50.7 cm³/mol. The van der Waals surface area contributed by atoms with Gasteiger partial charge >= 0.3 is 0 Å². The molecule has 0 aromatic carbocycles. The molecular weight excluding hydrogens is 152 g/mol. The van der Waals surface area contributed by atoms with Crippen molar-refractivity contribution >= 4 is 5.91 Å². The van der Waals surface area contributed by atoms with Crippen LogP contribution in [0.2, 0.25) is 0 Å². The lowest BCUT2D eigenvalue weighted by atomic mass is 9.96. The molecule has 1 atom stereocenters. The summed E-state index contributed by atoms with van der Waals surface area (Å²) in [6.45, 7) is 8.74. The van der Waals surface area contributed by atoms with Crippen LogP contribution in [0, 0.1) is 5.41 Å². The third-order valence-electron chi connectivity index (χ3n) is 1.48. The van der Waals surface area contributed by atoms with E-state index < -0.39 is 6.04 Å². The van der Waals surface area contributed by atoms with Crippen molar-refractivity contribution in [2.45, 2.75) is 33.7 Å². The molecule has 0 aliphatic carbocycles. The van der Waals surface area contributed by atoms with Gasteiger partial charge in [0.25, 0.3) is 0 Å². The molecule has 0 spiro atoms. The SMILES string of the molecule is C[C@H](N)C(=O)N(C)CC(C)(C)C. The third-order valence-corrected chi connectivity index (χ3v) is 1.48. The van der Waals surface area contributed by atoms with Gasteiger partial charge in [0.1, 0.15) is 0 Å². The number of carbonyl (C=O) groups excluding carboxylic acids is 1. The van der Waals surface area contributed by atoms with Crippen LogP contribution < -0.4 is 5.73 Å². The molecule has 2 N–H and O–H groups in total. The smallest absolute Gasteiger partial charge is 0.238 e. The van der Waals surface area contributed by atoms with Crippen LogP contribution in [-0.2, 0) is 4.79 Å². The highest BCUT2D eigenvalue weighted by Crippen LogP contribution is 2.14.